The van der Waals surface area contributed by atoms with E-state index in [0.29, 0.717) is 18.2 Å². The summed E-state index contributed by atoms with van der Waals surface area (Å²) >= 11 is 6.16. The highest BCUT2D eigenvalue weighted by Crippen LogP contribution is 2.20. The highest BCUT2D eigenvalue weighted by atomic mass is 35.5. The number of hydrogen-bond acceptors (Lipinski definition) is 3. The molecule has 0 atom stereocenters. The van der Waals surface area contributed by atoms with E-state index in [4.69, 9.17) is 21.1 Å². The van der Waals surface area contributed by atoms with Gasteiger partial charge in [-0.25, -0.2) is 0 Å². The van der Waals surface area contributed by atoms with E-state index in [1.165, 1.54) is 0 Å². The van der Waals surface area contributed by atoms with Gasteiger partial charge in [0.2, 0.25) is 0 Å². The molecule has 3 rings (SSSR count). The summed E-state index contributed by atoms with van der Waals surface area (Å²) in [6.45, 7) is 3.05. The number of aliphatic imine (C=N–C) groups is 1. The third-order valence-corrected chi connectivity index (χ3v) is 4.09. The molecule has 0 fully saturated rings. The van der Waals surface area contributed by atoms with E-state index in [9.17, 15) is 0 Å². The molecule has 26 heavy (non-hydrogen) atoms. The van der Waals surface area contributed by atoms with Crippen LogP contribution in [0.3, 0.4) is 0 Å². The third kappa shape index (κ3) is 5.11. The van der Waals surface area contributed by atoms with Crippen molar-refractivity contribution in [1.29, 1.82) is 0 Å². The van der Waals surface area contributed by atoms with Crippen molar-refractivity contribution in [3.8, 4) is 11.5 Å². The van der Waals surface area contributed by atoms with Gasteiger partial charge in [0.1, 0.15) is 18.1 Å². The van der Waals surface area contributed by atoms with Crippen LogP contribution >= 0.6 is 11.6 Å². The molecule has 0 unspecified atom stereocenters. The van der Waals surface area contributed by atoms with Crippen molar-refractivity contribution in [3.05, 3.63) is 88.9 Å². The fraction of sp³-hybridized carbons (Fsp3) is 0.136. The van der Waals surface area contributed by atoms with Crippen molar-refractivity contribution in [2.24, 2.45) is 4.99 Å². The molecule has 0 aliphatic heterocycles. The Labute approximate surface area is 158 Å². The summed E-state index contributed by atoms with van der Waals surface area (Å²) in [5.74, 6) is 1.63. The van der Waals surface area contributed by atoms with Crippen LogP contribution in [0.25, 0.3) is 0 Å². The second-order valence-electron chi connectivity index (χ2n) is 5.64. The van der Waals surface area contributed by atoms with Crippen molar-refractivity contribution in [2.75, 3.05) is 6.61 Å². The standard InChI is InChI=1S/C22H20ClNO2/c1-2-25-20-12-10-19(11-13-20)24-15-17-6-5-8-21(14-17)26-16-18-7-3-4-9-22(18)23/h3-15H,2,16H2,1H3. The predicted molar refractivity (Wildman–Crippen MR) is 107 cm³/mol. The van der Waals surface area contributed by atoms with Gasteiger partial charge in [0.05, 0.1) is 12.3 Å². The summed E-state index contributed by atoms with van der Waals surface area (Å²) in [6.07, 6.45) is 1.82. The van der Waals surface area contributed by atoms with Gasteiger partial charge in [-0.05, 0) is 55.0 Å². The molecule has 0 N–H and O–H groups in total. The molecule has 0 heterocycles. The Hall–Kier alpha value is -2.78. The first-order valence-corrected chi connectivity index (χ1v) is 8.85. The van der Waals surface area contributed by atoms with Gasteiger partial charge in [-0.1, -0.05) is 41.9 Å². The fourth-order valence-electron chi connectivity index (χ4n) is 2.41. The highest BCUT2D eigenvalue weighted by Gasteiger charge is 2.01. The minimum Gasteiger partial charge on any atom is -0.494 e. The number of ether oxygens (including phenoxy) is 2. The zero-order valence-corrected chi connectivity index (χ0v) is 15.3. The van der Waals surface area contributed by atoms with Crippen LogP contribution in [0.2, 0.25) is 5.02 Å². The van der Waals surface area contributed by atoms with Crippen LogP contribution in [0, 0.1) is 0 Å². The van der Waals surface area contributed by atoms with Crippen LogP contribution in [-0.2, 0) is 6.61 Å². The molecule has 0 saturated carbocycles. The van der Waals surface area contributed by atoms with Crippen LogP contribution in [-0.4, -0.2) is 12.8 Å². The van der Waals surface area contributed by atoms with Crippen molar-refractivity contribution in [3.63, 3.8) is 0 Å². The smallest absolute Gasteiger partial charge is 0.120 e. The van der Waals surface area contributed by atoms with Gasteiger partial charge in [0, 0.05) is 16.8 Å². The van der Waals surface area contributed by atoms with Crippen LogP contribution in [0.1, 0.15) is 18.1 Å². The predicted octanol–water partition coefficient (Wildman–Crippen LogP) is 6.07. The van der Waals surface area contributed by atoms with E-state index < -0.39 is 0 Å². The van der Waals surface area contributed by atoms with E-state index in [1.807, 2.05) is 85.9 Å². The van der Waals surface area contributed by atoms with Crippen LogP contribution in [0.15, 0.2) is 77.8 Å². The molecule has 0 bridgehead atoms. The van der Waals surface area contributed by atoms with Gasteiger partial charge in [0.15, 0.2) is 0 Å². The molecule has 4 heteroatoms. The summed E-state index contributed by atoms with van der Waals surface area (Å²) in [7, 11) is 0. The summed E-state index contributed by atoms with van der Waals surface area (Å²) in [5.41, 5.74) is 2.80. The molecule has 0 amide bonds. The van der Waals surface area contributed by atoms with E-state index in [1.54, 1.807) is 0 Å². The van der Waals surface area contributed by atoms with Gasteiger partial charge < -0.3 is 9.47 Å². The van der Waals surface area contributed by atoms with Crippen molar-refractivity contribution in [2.45, 2.75) is 13.5 Å². The normalized spacial score (nSPS) is 10.8. The van der Waals surface area contributed by atoms with E-state index >= 15 is 0 Å². The first kappa shape index (κ1) is 18.0. The molecule has 0 aliphatic carbocycles. The second-order valence-corrected chi connectivity index (χ2v) is 6.04. The molecule has 0 aliphatic rings. The lowest BCUT2D eigenvalue weighted by Crippen LogP contribution is -1.96. The number of nitrogens with zero attached hydrogens (tertiary/aromatic N) is 1. The van der Waals surface area contributed by atoms with Crippen molar-refractivity contribution >= 4 is 23.5 Å². The van der Waals surface area contributed by atoms with Crippen LogP contribution in [0.5, 0.6) is 11.5 Å². The van der Waals surface area contributed by atoms with Gasteiger partial charge in [-0.2, -0.15) is 0 Å². The van der Waals surface area contributed by atoms with Crippen LogP contribution in [0.4, 0.5) is 5.69 Å². The Bertz CT molecular complexity index is 875. The lowest BCUT2D eigenvalue weighted by Gasteiger charge is -2.08. The van der Waals surface area contributed by atoms with E-state index in [0.717, 1.165) is 28.3 Å². The van der Waals surface area contributed by atoms with Gasteiger partial charge in [0.25, 0.3) is 0 Å². The second kappa shape index (κ2) is 9.07. The lowest BCUT2D eigenvalue weighted by molar-refractivity contribution is 0.306. The Balaban J connectivity index is 1.64. The Morgan fingerprint density at radius 2 is 1.69 bits per heavy atom. The third-order valence-electron chi connectivity index (χ3n) is 3.72. The first-order valence-electron chi connectivity index (χ1n) is 8.48. The number of halogens is 1. The number of benzene rings is 3. The Morgan fingerprint density at radius 1 is 0.885 bits per heavy atom. The van der Waals surface area contributed by atoms with Gasteiger partial charge in [-0.15, -0.1) is 0 Å². The average molecular weight is 366 g/mol. The zero-order valence-electron chi connectivity index (χ0n) is 14.6. The average Bonchev–Trinajstić information content (AvgIpc) is 2.67. The molecular weight excluding hydrogens is 346 g/mol. The van der Waals surface area contributed by atoms with Crippen molar-refractivity contribution in [1.82, 2.24) is 0 Å². The largest absolute Gasteiger partial charge is 0.494 e. The highest BCUT2D eigenvalue weighted by molar-refractivity contribution is 6.31. The van der Waals surface area contributed by atoms with Crippen molar-refractivity contribution < 1.29 is 9.47 Å². The Morgan fingerprint density at radius 3 is 2.46 bits per heavy atom. The maximum Gasteiger partial charge on any atom is 0.120 e. The minimum absolute atomic E-state index is 0.430. The topological polar surface area (TPSA) is 30.8 Å². The van der Waals surface area contributed by atoms with E-state index in [2.05, 4.69) is 4.99 Å². The fourth-order valence-corrected chi connectivity index (χ4v) is 2.60. The summed E-state index contributed by atoms with van der Waals surface area (Å²) in [5, 5.41) is 0.709. The molecular formula is C22H20ClNO2. The maximum absolute atomic E-state index is 6.16. The molecule has 3 aromatic rings. The molecule has 3 aromatic carbocycles. The summed E-state index contributed by atoms with van der Waals surface area (Å²) in [6, 6.07) is 23.2. The monoisotopic (exact) mass is 365 g/mol. The molecule has 3 nitrogen and oxygen atoms in total. The van der Waals surface area contributed by atoms with Gasteiger partial charge >= 0.3 is 0 Å². The lowest BCUT2D eigenvalue weighted by atomic mass is 10.2. The summed E-state index contributed by atoms with van der Waals surface area (Å²) < 4.78 is 11.3. The van der Waals surface area contributed by atoms with E-state index in [-0.39, 0.29) is 0 Å². The molecule has 132 valence electrons. The molecule has 0 radical (unpaired) electrons. The number of hydrogen-bond donors (Lipinski definition) is 0. The minimum atomic E-state index is 0.430. The van der Waals surface area contributed by atoms with Crippen LogP contribution < -0.4 is 9.47 Å². The zero-order chi connectivity index (χ0) is 18.2. The quantitative estimate of drug-likeness (QED) is 0.476. The SMILES string of the molecule is CCOc1ccc(N=Cc2cccc(OCc3ccccc3Cl)c2)cc1. The van der Waals surface area contributed by atoms with Gasteiger partial charge in [-0.3, -0.25) is 4.99 Å². The Kier molecular flexibility index (Phi) is 6.29. The first-order chi connectivity index (χ1) is 12.7. The molecule has 0 saturated heterocycles. The molecule has 0 spiro atoms. The molecule has 0 aromatic heterocycles. The number of rotatable bonds is 7. The summed E-state index contributed by atoms with van der Waals surface area (Å²) in [4.78, 5) is 4.49. The maximum atomic E-state index is 6.16.